The summed E-state index contributed by atoms with van der Waals surface area (Å²) in [5.41, 5.74) is 2.76. The minimum Gasteiger partial charge on any atom is -0.497 e. The number of ether oxygens (including phenoxy) is 1. The van der Waals surface area contributed by atoms with Crippen LogP contribution in [0.15, 0.2) is 48.5 Å². The summed E-state index contributed by atoms with van der Waals surface area (Å²) in [6.07, 6.45) is 3.70. The fourth-order valence-corrected chi connectivity index (χ4v) is 3.46. The lowest BCUT2D eigenvalue weighted by atomic mass is 9.88. The van der Waals surface area contributed by atoms with Crippen molar-refractivity contribution in [2.45, 2.75) is 52.0 Å². The van der Waals surface area contributed by atoms with E-state index in [1.807, 2.05) is 12.1 Å². The van der Waals surface area contributed by atoms with Gasteiger partial charge < -0.3 is 10.1 Å². The lowest BCUT2D eigenvalue weighted by molar-refractivity contribution is -0.693. The van der Waals surface area contributed by atoms with Crippen LogP contribution in [0.2, 0.25) is 5.02 Å². The molecule has 2 rings (SSSR count). The van der Waals surface area contributed by atoms with Gasteiger partial charge in [0.25, 0.3) is 0 Å². The van der Waals surface area contributed by atoms with Crippen molar-refractivity contribution in [1.82, 2.24) is 0 Å². The highest BCUT2D eigenvalue weighted by Gasteiger charge is 2.15. The highest BCUT2D eigenvalue weighted by molar-refractivity contribution is 6.30. The molecular formula is C23H33ClNO+. The maximum Gasteiger partial charge on any atom is 0.118 e. The predicted octanol–water partition coefficient (Wildman–Crippen LogP) is 5.58. The Kier molecular flexibility index (Phi) is 8.47. The van der Waals surface area contributed by atoms with Gasteiger partial charge in [-0.15, -0.1) is 0 Å². The first kappa shape index (κ1) is 20.8. The molecule has 2 atom stereocenters. The van der Waals surface area contributed by atoms with Gasteiger partial charge in [-0.05, 0) is 55.0 Å². The molecule has 2 aromatic carbocycles. The van der Waals surface area contributed by atoms with Crippen LogP contribution in [0.5, 0.6) is 5.75 Å². The molecule has 0 saturated heterocycles. The Morgan fingerprint density at radius 3 is 2.04 bits per heavy atom. The SMILES string of the molecule is COc1ccc([C@H](CC[NH2+][C@H](C)c2ccc(Cl)cc2)CCC(C)C)cc1. The van der Waals surface area contributed by atoms with E-state index in [-0.39, 0.29) is 0 Å². The van der Waals surface area contributed by atoms with E-state index in [1.165, 1.54) is 30.4 Å². The van der Waals surface area contributed by atoms with Crippen LogP contribution in [0.4, 0.5) is 0 Å². The second-order valence-electron chi connectivity index (χ2n) is 7.59. The van der Waals surface area contributed by atoms with Crippen LogP contribution in [-0.2, 0) is 0 Å². The number of nitrogens with two attached hydrogens (primary N) is 1. The Labute approximate surface area is 163 Å². The third-order valence-electron chi connectivity index (χ3n) is 5.11. The summed E-state index contributed by atoms with van der Waals surface area (Å²) >= 11 is 5.99. The van der Waals surface area contributed by atoms with Crippen molar-refractivity contribution in [2.24, 2.45) is 5.92 Å². The zero-order valence-corrected chi connectivity index (χ0v) is 17.3. The van der Waals surface area contributed by atoms with Crippen molar-refractivity contribution in [1.29, 1.82) is 0 Å². The van der Waals surface area contributed by atoms with E-state index in [2.05, 4.69) is 62.5 Å². The van der Waals surface area contributed by atoms with Gasteiger partial charge in [-0.2, -0.15) is 0 Å². The summed E-state index contributed by atoms with van der Waals surface area (Å²) in [6.45, 7) is 8.00. The molecule has 0 fully saturated rings. The number of benzene rings is 2. The average molecular weight is 375 g/mol. The highest BCUT2D eigenvalue weighted by atomic mass is 35.5. The zero-order valence-electron chi connectivity index (χ0n) is 16.5. The molecule has 142 valence electrons. The number of hydrogen-bond donors (Lipinski definition) is 1. The standard InChI is InChI=1S/C23H32ClNO/c1-17(2)5-6-21(20-9-13-23(26-4)14-10-20)15-16-25-18(3)19-7-11-22(24)12-8-19/h7-14,17-18,21,25H,5-6,15-16H2,1-4H3/p+1/t18-,21+/m1/s1. The summed E-state index contributed by atoms with van der Waals surface area (Å²) in [5.74, 6) is 2.28. The van der Waals surface area contributed by atoms with E-state index in [0.29, 0.717) is 12.0 Å². The first-order valence-corrected chi connectivity index (χ1v) is 10.1. The van der Waals surface area contributed by atoms with Gasteiger partial charge in [0.2, 0.25) is 0 Å². The average Bonchev–Trinajstić information content (AvgIpc) is 2.65. The second-order valence-corrected chi connectivity index (χ2v) is 8.03. The van der Waals surface area contributed by atoms with Gasteiger partial charge in [0, 0.05) is 17.0 Å². The van der Waals surface area contributed by atoms with Gasteiger partial charge >= 0.3 is 0 Å². The Morgan fingerprint density at radius 2 is 1.46 bits per heavy atom. The van der Waals surface area contributed by atoms with Crippen molar-refractivity contribution in [3.8, 4) is 5.75 Å². The third kappa shape index (κ3) is 6.66. The zero-order chi connectivity index (χ0) is 18.9. The minimum absolute atomic E-state index is 0.453. The molecule has 26 heavy (non-hydrogen) atoms. The quantitative estimate of drug-likeness (QED) is 0.576. The van der Waals surface area contributed by atoms with Crippen molar-refractivity contribution < 1.29 is 10.1 Å². The molecule has 0 bridgehead atoms. The Morgan fingerprint density at radius 1 is 0.846 bits per heavy atom. The van der Waals surface area contributed by atoms with E-state index in [1.54, 1.807) is 7.11 Å². The van der Waals surface area contributed by atoms with E-state index in [0.717, 1.165) is 23.2 Å². The second kappa shape index (κ2) is 10.6. The molecule has 2 N–H and O–H groups in total. The van der Waals surface area contributed by atoms with Crippen LogP contribution in [0.1, 0.15) is 63.1 Å². The van der Waals surface area contributed by atoms with Crippen molar-refractivity contribution in [3.63, 3.8) is 0 Å². The molecule has 0 saturated carbocycles. The fourth-order valence-electron chi connectivity index (χ4n) is 3.34. The van der Waals surface area contributed by atoms with Crippen molar-refractivity contribution >= 4 is 11.6 Å². The number of methoxy groups -OCH3 is 1. The summed E-state index contributed by atoms with van der Waals surface area (Å²) in [4.78, 5) is 0. The minimum atomic E-state index is 0.453. The summed E-state index contributed by atoms with van der Waals surface area (Å²) in [6, 6.07) is 17.3. The number of halogens is 1. The Bertz CT molecular complexity index is 636. The molecule has 0 aromatic heterocycles. The summed E-state index contributed by atoms with van der Waals surface area (Å²) in [7, 11) is 1.72. The molecule has 0 spiro atoms. The molecule has 0 amide bonds. The van der Waals surface area contributed by atoms with Crippen molar-refractivity contribution in [2.75, 3.05) is 13.7 Å². The molecule has 0 aliphatic rings. The van der Waals surface area contributed by atoms with Crippen LogP contribution >= 0.6 is 11.6 Å². The van der Waals surface area contributed by atoms with Crippen molar-refractivity contribution in [3.05, 3.63) is 64.7 Å². The number of rotatable bonds is 10. The van der Waals surface area contributed by atoms with Gasteiger partial charge in [-0.25, -0.2) is 0 Å². The molecule has 0 aliphatic carbocycles. The largest absolute Gasteiger partial charge is 0.497 e. The number of quaternary nitrogens is 1. The molecule has 0 aliphatic heterocycles. The molecule has 3 heteroatoms. The normalized spacial score (nSPS) is 13.6. The van der Waals surface area contributed by atoms with Crippen LogP contribution in [-0.4, -0.2) is 13.7 Å². The Hall–Kier alpha value is -1.51. The van der Waals surface area contributed by atoms with Gasteiger partial charge in [0.1, 0.15) is 11.8 Å². The topological polar surface area (TPSA) is 25.8 Å². The first-order chi connectivity index (χ1) is 12.5. The third-order valence-corrected chi connectivity index (χ3v) is 5.36. The molecule has 2 nitrogen and oxygen atoms in total. The van der Waals surface area contributed by atoms with Crippen LogP contribution < -0.4 is 10.1 Å². The number of hydrogen-bond acceptors (Lipinski definition) is 1. The first-order valence-electron chi connectivity index (χ1n) is 9.72. The predicted molar refractivity (Wildman–Crippen MR) is 111 cm³/mol. The highest BCUT2D eigenvalue weighted by Crippen LogP contribution is 2.27. The molecule has 0 heterocycles. The lowest BCUT2D eigenvalue weighted by Gasteiger charge is -2.19. The molecular weight excluding hydrogens is 342 g/mol. The van der Waals surface area contributed by atoms with E-state index >= 15 is 0 Å². The van der Waals surface area contributed by atoms with Gasteiger partial charge in [-0.1, -0.05) is 56.1 Å². The van der Waals surface area contributed by atoms with E-state index in [9.17, 15) is 0 Å². The summed E-state index contributed by atoms with van der Waals surface area (Å²) in [5, 5.41) is 3.24. The van der Waals surface area contributed by atoms with E-state index in [4.69, 9.17) is 16.3 Å². The van der Waals surface area contributed by atoms with Gasteiger partial charge in [-0.3, -0.25) is 0 Å². The van der Waals surface area contributed by atoms with Gasteiger partial charge in [0.15, 0.2) is 0 Å². The maximum absolute atomic E-state index is 5.99. The van der Waals surface area contributed by atoms with Gasteiger partial charge in [0.05, 0.1) is 13.7 Å². The van der Waals surface area contributed by atoms with E-state index < -0.39 is 0 Å². The van der Waals surface area contributed by atoms with Crippen LogP contribution in [0, 0.1) is 5.92 Å². The molecule has 0 radical (unpaired) electrons. The van der Waals surface area contributed by atoms with Crippen LogP contribution in [0.3, 0.4) is 0 Å². The lowest BCUT2D eigenvalue weighted by Crippen LogP contribution is -2.84. The maximum atomic E-state index is 5.99. The summed E-state index contributed by atoms with van der Waals surface area (Å²) < 4.78 is 5.30. The molecule has 0 unspecified atom stereocenters. The smallest absolute Gasteiger partial charge is 0.118 e. The monoisotopic (exact) mass is 374 g/mol. The Balaban J connectivity index is 1.93. The van der Waals surface area contributed by atoms with Crippen LogP contribution in [0.25, 0.3) is 0 Å². The fraction of sp³-hybridized carbons (Fsp3) is 0.478. The molecule has 2 aromatic rings.